The Labute approximate surface area is 246 Å². The Morgan fingerprint density at radius 1 is 1.22 bits per heavy atom. The Kier molecular flexibility index (Phi) is 10.1. The zero-order valence-electron chi connectivity index (χ0n) is 26.5. The molecule has 41 heavy (non-hydrogen) atoms. The van der Waals surface area contributed by atoms with E-state index in [4.69, 9.17) is 14.1 Å². The van der Waals surface area contributed by atoms with Gasteiger partial charge >= 0.3 is 6.09 Å². The number of oxazole rings is 1. The standard InChI is InChI=1S/C31H54N6O4/c1-20(2)17-37(24-19-36(29(39)41-31(6,7)8)18-21-11-9-10-12-22(21)24)27(38)23-15-34-28(30(3,4)5)35-26(23)33-16-25-32-13-14-40-25/h13-14,20-24,26-27,33,38H,9-12,15-19H2,1-8H3,(H,34,35). The van der Waals surface area contributed by atoms with Crippen LogP contribution in [0.4, 0.5) is 4.79 Å². The summed E-state index contributed by atoms with van der Waals surface area (Å²) in [7, 11) is 0. The first-order chi connectivity index (χ1) is 19.2. The molecule has 0 bridgehead atoms. The second kappa shape index (κ2) is 13.0. The summed E-state index contributed by atoms with van der Waals surface area (Å²) in [4.78, 5) is 26.7. The van der Waals surface area contributed by atoms with Crippen LogP contribution in [0.15, 0.2) is 21.9 Å². The molecule has 232 valence electrons. The Hall–Kier alpha value is -2.17. The number of carbonyl (C=O) groups is 1. The van der Waals surface area contributed by atoms with Gasteiger partial charge in [-0.25, -0.2) is 9.78 Å². The van der Waals surface area contributed by atoms with Crippen LogP contribution in [0.1, 0.15) is 87.0 Å². The number of piperidine rings is 1. The summed E-state index contributed by atoms with van der Waals surface area (Å²) in [5.74, 6) is 2.48. The van der Waals surface area contributed by atoms with E-state index in [9.17, 15) is 9.90 Å². The number of fused-ring (bicyclic) bond motifs is 1. The van der Waals surface area contributed by atoms with Crippen LogP contribution < -0.4 is 10.6 Å². The number of rotatable bonds is 8. The van der Waals surface area contributed by atoms with Gasteiger partial charge in [0.2, 0.25) is 5.89 Å². The summed E-state index contributed by atoms with van der Waals surface area (Å²) in [6.07, 6.45) is 6.58. The van der Waals surface area contributed by atoms with Crippen molar-refractivity contribution in [1.29, 1.82) is 0 Å². The molecule has 1 amide bonds. The lowest BCUT2D eigenvalue weighted by Gasteiger charge is -2.52. The molecule has 1 aromatic rings. The number of aliphatic hydroxyl groups is 1. The van der Waals surface area contributed by atoms with Crippen LogP contribution in [0, 0.1) is 29.1 Å². The number of aromatic nitrogens is 1. The van der Waals surface area contributed by atoms with Crippen LogP contribution in [0.3, 0.4) is 0 Å². The van der Waals surface area contributed by atoms with Crippen molar-refractivity contribution in [2.45, 2.75) is 112 Å². The molecular formula is C31H54N6O4. The Morgan fingerprint density at radius 3 is 2.59 bits per heavy atom. The van der Waals surface area contributed by atoms with E-state index in [-0.39, 0.29) is 29.6 Å². The third-order valence-corrected chi connectivity index (χ3v) is 8.55. The van der Waals surface area contributed by atoms with Crippen LogP contribution in [0.25, 0.3) is 0 Å². The van der Waals surface area contributed by atoms with E-state index in [0.717, 1.165) is 31.8 Å². The van der Waals surface area contributed by atoms with Crippen molar-refractivity contribution in [3.8, 4) is 0 Å². The second-order valence-corrected chi connectivity index (χ2v) is 14.7. The van der Waals surface area contributed by atoms with Gasteiger partial charge in [-0.05, 0) is 51.4 Å². The fraction of sp³-hybridized carbons (Fsp3) is 0.839. The van der Waals surface area contributed by atoms with E-state index in [1.807, 2.05) is 25.7 Å². The maximum atomic E-state index is 13.3. The highest BCUT2D eigenvalue weighted by molar-refractivity contribution is 5.87. The number of carbonyl (C=O) groups excluding carboxylic acids is 1. The maximum absolute atomic E-state index is 13.3. The summed E-state index contributed by atoms with van der Waals surface area (Å²) >= 11 is 0. The van der Waals surface area contributed by atoms with Gasteiger partial charge in [-0.2, -0.15) is 0 Å². The summed E-state index contributed by atoms with van der Waals surface area (Å²) in [6.45, 7) is 19.5. The zero-order chi connectivity index (χ0) is 29.9. The van der Waals surface area contributed by atoms with Crippen molar-refractivity contribution in [3.63, 3.8) is 0 Å². The monoisotopic (exact) mass is 574 g/mol. The van der Waals surface area contributed by atoms with E-state index in [0.29, 0.717) is 43.3 Å². The number of amidine groups is 1. The molecule has 2 fully saturated rings. The molecule has 2 aliphatic heterocycles. The van der Waals surface area contributed by atoms with E-state index in [1.165, 1.54) is 12.8 Å². The van der Waals surface area contributed by atoms with Gasteiger partial charge in [0.15, 0.2) is 0 Å². The molecule has 4 rings (SSSR count). The Bertz CT molecular complexity index is 1010. The summed E-state index contributed by atoms with van der Waals surface area (Å²) in [5, 5.41) is 19.4. The predicted octanol–water partition coefficient (Wildman–Crippen LogP) is 4.46. The minimum Gasteiger partial charge on any atom is -0.448 e. The number of amides is 1. The van der Waals surface area contributed by atoms with Crippen LogP contribution in [-0.4, -0.2) is 82.0 Å². The Morgan fingerprint density at radius 2 is 1.95 bits per heavy atom. The van der Waals surface area contributed by atoms with Gasteiger partial charge in [0.1, 0.15) is 23.9 Å². The van der Waals surface area contributed by atoms with Crippen molar-refractivity contribution in [3.05, 3.63) is 18.4 Å². The first-order valence-electron chi connectivity index (χ1n) is 15.6. The van der Waals surface area contributed by atoms with Crippen molar-refractivity contribution in [2.24, 2.45) is 34.1 Å². The predicted molar refractivity (Wildman–Crippen MR) is 160 cm³/mol. The highest BCUT2D eigenvalue weighted by Crippen LogP contribution is 2.40. The fourth-order valence-electron chi connectivity index (χ4n) is 6.68. The van der Waals surface area contributed by atoms with Crippen LogP contribution in [0.2, 0.25) is 0 Å². The van der Waals surface area contributed by atoms with Crippen molar-refractivity contribution >= 4 is 11.9 Å². The quantitative estimate of drug-likeness (QED) is 0.390. The molecule has 6 atom stereocenters. The number of hydrogen-bond donors (Lipinski definition) is 3. The number of likely N-dealkylation sites (tertiary alicyclic amines) is 1. The van der Waals surface area contributed by atoms with E-state index >= 15 is 0 Å². The molecular weight excluding hydrogens is 520 g/mol. The van der Waals surface area contributed by atoms with Crippen molar-refractivity contribution in [1.82, 2.24) is 25.4 Å². The SMILES string of the molecule is CC(C)CN(C(O)C1CN=C(C(C)(C)C)NC1NCc1ncco1)C1CN(C(=O)OC(C)(C)C)CC2CCCCC21. The van der Waals surface area contributed by atoms with Crippen LogP contribution in [-0.2, 0) is 11.3 Å². The molecule has 0 radical (unpaired) electrons. The number of aliphatic hydroxyl groups excluding tert-OH is 1. The van der Waals surface area contributed by atoms with Crippen LogP contribution >= 0.6 is 0 Å². The van der Waals surface area contributed by atoms with Gasteiger partial charge < -0.3 is 24.5 Å². The highest BCUT2D eigenvalue weighted by atomic mass is 16.6. The van der Waals surface area contributed by atoms with Gasteiger partial charge in [0.05, 0.1) is 31.4 Å². The van der Waals surface area contributed by atoms with E-state index in [2.05, 4.69) is 55.1 Å². The number of aliphatic imine (C=N–C) groups is 1. The number of nitrogens with one attached hydrogen (secondary N) is 2. The van der Waals surface area contributed by atoms with Crippen LogP contribution in [0.5, 0.6) is 0 Å². The van der Waals surface area contributed by atoms with E-state index < -0.39 is 11.8 Å². The minimum absolute atomic E-state index is 0.0411. The number of nitrogens with zero attached hydrogens (tertiary/aromatic N) is 4. The topological polar surface area (TPSA) is 115 Å². The first kappa shape index (κ1) is 31.8. The normalized spacial score (nSPS) is 28.2. The largest absolute Gasteiger partial charge is 0.448 e. The summed E-state index contributed by atoms with van der Waals surface area (Å²) in [6, 6.07) is 0.0411. The smallest absolute Gasteiger partial charge is 0.410 e. The molecule has 3 aliphatic rings. The maximum Gasteiger partial charge on any atom is 0.410 e. The number of hydrogen-bond acceptors (Lipinski definition) is 9. The van der Waals surface area contributed by atoms with Gasteiger partial charge in [0, 0.05) is 31.1 Å². The zero-order valence-corrected chi connectivity index (χ0v) is 26.5. The molecule has 1 saturated heterocycles. The van der Waals surface area contributed by atoms with Gasteiger partial charge in [-0.3, -0.25) is 15.2 Å². The van der Waals surface area contributed by atoms with Gasteiger partial charge in [-0.1, -0.05) is 47.5 Å². The molecule has 10 nitrogen and oxygen atoms in total. The molecule has 3 N–H and O–H groups in total. The van der Waals surface area contributed by atoms with Gasteiger partial charge in [-0.15, -0.1) is 0 Å². The molecule has 0 spiro atoms. The highest BCUT2D eigenvalue weighted by Gasteiger charge is 2.47. The molecule has 1 saturated carbocycles. The second-order valence-electron chi connectivity index (χ2n) is 14.7. The lowest BCUT2D eigenvalue weighted by molar-refractivity contribution is -0.118. The summed E-state index contributed by atoms with van der Waals surface area (Å²) in [5.41, 5.74) is -0.700. The first-order valence-corrected chi connectivity index (χ1v) is 15.6. The third-order valence-electron chi connectivity index (χ3n) is 8.55. The van der Waals surface area contributed by atoms with Crippen molar-refractivity contribution in [2.75, 3.05) is 26.2 Å². The average molecular weight is 575 g/mol. The lowest BCUT2D eigenvalue weighted by atomic mass is 9.71. The fourth-order valence-corrected chi connectivity index (χ4v) is 6.68. The molecule has 1 aliphatic carbocycles. The van der Waals surface area contributed by atoms with Gasteiger partial charge in [0.25, 0.3) is 0 Å². The van der Waals surface area contributed by atoms with Crippen molar-refractivity contribution < 1.29 is 19.1 Å². The average Bonchev–Trinajstić information content (AvgIpc) is 3.41. The molecule has 6 unspecified atom stereocenters. The third kappa shape index (κ3) is 8.23. The molecule has 1 aromatic heterocycles. The Balaban J connectivity index is 1.62. The number of ether oxygens (including phenoxy) is 1. The molecule has 3 heterocycles. The molecule has 10 heteroatoms. The van der Waals surface area contributed by atoms with E-state index in [1.54, 1.807) is 12.5 Å². The molecule has 0 aromatic carbocycles. The lowest BCUT2D eigenvalue weighted by Crippen LogP contribution is -2.66. The summed E-state index contributed by atoms with van der Waals surface area (Å²) < 4.78 is 11.3. The minimum atomic E-state index is -0.761.